The number of nitrogens with two attached hydrogens (primary N) is 1. The lowest BCUT2D eigenvalue weighted by Gasteiger charge is -2.33. The summed E-state index contributed by atoms with van der Waals surface area (Å²) < 4.78 is 41.6. The maximum Gasteiger partial charge on any atom is 0.416 e. The first-order valence-electron chi connectivity index (χ1n) is 12.8. The highest BCUT2D eigenvalue weighted by atomic mass is 19.4. The third-order valence-corrected chi connectivity index (χ3v) is 7.05. The van der Waals surface area contributed by atoms with Crippen LogP contribution in [0.4, 0.5) is 29.3 Å². The van der Waals surface area contributed by atoms with Crippen LogP contribution < -0.4 is 16.4 Å². The summed E-state index contributed by atoms with van der Waals surface area (Å²) in [7, 11) is 1.99. The zero-order valence-corrected chi connectivity index (χ0v) is 21.8. The molecule has 0 spiro atoms. The number of primary amides is 1. The fourth-order valence-electron chi connectivity index (χ4n) is 4.94. The molecule has 1 fully saturated rings. The molecule has 0 radical (unpaired) electrons. The third kappa shape index (κ3) is 5.95. The quantitative estimate of drug-likeness (QED) is 0.260. The van der Waals surface area contributed by atoms with Crippen molar-refractivity contribution < 1.29 is 22.8 Å². The number of alkyl halides is 3. The molecule has 2 heterocycles. The van der Waals surface area contributed by atoms with Crippen LogP contribution in [-0.4, -0.2) is 59.9 Å². The molecule has 0 atom stereocenters. The number of H-pyrrole nitrogens is 1. The maximum atomic E-state index is 13.9. The lowest BCUT2D eigenvalue weighted by atomic mass is 10.0. The number of rotatable bonds is 6. The number of hydrogen-bond acceptors (Lipinski definition) is 4. The summed E-state index contributed by atoms with van der Waals surface area (Å²) in [6.45, 7) is 3.18. The topological polar surface area (TPSA) is 106 Å². The number of aromatic nitrogens is 1. The van der Waals surface area contributed by atoms with Crippen LogP contribution in [0.1, 0.15) is 21.6 Å². The second-order valence-corrected chi connectivity index (χ2v) is 9.89. The second-order valence-electron chi connectivity index (χ2n) is 9.89. The van der Waals surface area contributed by atoms with Gasteiger partial charge in [-0.15, -0.1) is 0 Å². The van der Waals surface area contributed by atoms with Gasteiger partial charge in [0.15, 0.2) is 0 Å². The Morgan fingerprint density at radius 1 is 0.925 bits per heavy atom. The molecule has 208 valence electrons. The van der Waals surface area contributed by atoms with Crippen LogP contribution in [0.25, 0.3) is 22.0 Å². The number of nitrogens with one attached hydrogen (secondary N) is 3. The van der Waals surface area contributed by atoms with Gasteiger partial charge in [0.1, 0.15) is 5.69 Å². The van der Waals surface area contributed by atoms with Gasteiger partial charge in [0.25, 0.3) is 5.91 Å². The molecular formula is C29H29F3N6O2. The van der Waals surface area contributed by atoms with E-state index in [9.17, 15) is 22.8 Å². The van der Waals surface area contributed by atoms with Crippen molar-refractivity contribution in [2.24, 2.45) is 5.73 Å². The van der Waals surface area contributed by atoms with Crippen LogP contribution in [0.3, 0.4) is 0 Å². The molecule has 40 heavy (non-hydrogen) atoms. The van der Waals surface area contributed by atoms with Crippen molar-refractivity contribution in [2.75, 3.05) is 43.9 Å². The molecule has 4 aromatic rings. The highest BCUT2D eigenvalue weighted by Crippen LogP contribution is 2.35. The number of amides is 3. The number of anilines is 2. The van der Waals surface area contributed by atoms with Crippen LogP contribution in [-0.2, 0) is 12.7 Å². The molecule has 1 saturated heterocycles. The van der Waals surface area contributed by atoms with Crippen molar-refractivity contribution in [2.45, 2.75) is 12.7 Å². The van der Waals surface area contributed by atoms with Gasteiger partial charge >= 0.3 is 12.2 Å². The summed E-state index contributed by atoms with van der Waals surface area (Å²) in [6, 6.07) is 17.3. The first kappa shape index (κ1) is 27.2. The summed E-state index contributed by atoms with van der Waals surface area (Å²) in [5.74, 6) is -0.597. The van der Waals surface area contributed by atoms with Crippen LogP contribution in [0.2, 0.25) is 0 Å². The summed E-state index contributed by atoms with van der Waals surface area (Å²) in [5.41, 5.74) is 7.83. The van der Waals surface area contributed by atoms with E-state index in [4.69, 9.17) is 5.73 Å². The Bertz CT molecular complexity index is 1540. The van der Waals surface area contributed by atoms with E-state index in [0.29, 0.717) is 29.9 Å². The van der Waals surface area contributed by atoms with E-state index < -0.39 is 23.7 Å². The monoisotopic (exact) mass is 550 g/mol. The average molecular weight is 551 g/mol. The number of nitrogens with zero attached hydrogens (tertiary/aromatic N) is 2. The van der Waals surface area contributed by atoms with E-state index in [0.717, 1.165) is 30.1 Å². The average Bonchev–Trinajstić information content (AvgIpc) is 3.31. The number of fused-ring (bicyclic) bond motifs is 1. The van der Waals surface area contributed by atoms with Gasteiger partial charge in [-0.25, -0.2) is 4.79 Å². The van der Waals surface area contributed by atoms with Crippen molar-refractivity contribution in [3.05, 3.63) is 83.6 Å². The molecular weight excluding hydrogens is 521 g/mol. The number of hydrogen-bond donors (Lipinski definition) is 4. The Kier molecular flexibility index (Phi) is 7.51. The molecule has 3 amide bonds. The minimum absolute atomic E-state index is 0.0356. The van der Waals surface area contributed by atoms with Crippen LogP contribution >= 0.6 is 0 Å². The maximum absolute atomic E-state index is 13.9. The number of urea groups is 1. The summed E-state index contributed by atoms with van der Waals surface area (Å²) in [5, 5.41) is 5.96. The first-order chi connectivity index (χ1) is 19.1. The molecule has 0 bridgehead atoms. The fraction of sp³-hybridized carbons (Fsp3) is 0.241. The highest BCUT2D eigenvalue weighted by molar-refractivity contribution is 6.09. The molecule has 5 N–H and O–H groups in total. The predicted octanol–water partition coefficient (Wildman–Crippen LogP) is 5.34. The van der Waals surface area contributed by atoms with Gasteiger partial charge in [-0.05, 0) is 48.5 Å². The molecule has 11 heteroatoms. The fourth-order valence-corrected chi connectivity index (χ4v) is 4.94. The molecule has 1 aromatic heterocycles. The number of piperazine rings is 1. The molecule has 1 aliphatic rings. The Balaban J connectivity index is 1.29. The molecule has 0 aliphatic carbocycles. The number of para-hydroxylation sites is 1. The number of benzene rings is 3. The normalized spacial score (nSPS) is 14.8. The van der Waals surface area contributed by atoms with Crippen LogP contribution in [0, 0.1) is 0 Å². The van der Waals surface area contributed by atoms with Gasteiger partial charge in [-0.2, -0.15) is 13.2 Å². The van der Waals surface area contributed by atoms with E-state index in [-0.39, 0.29) is 23.5 Å². The Hall–Kier alpha value is -4.35. The summed E-state index contributed by atoms with van der Waals surface area (Å²) >= 11 is 0. The SMILES string of the molecule is CN1CCN(Cc2ccc(NC(=O)Nc3ccc(-c4c(C(N)=O)[nH]c5ccccc45)cc3)cc2C(F)(F)F)CC1. The Labute approximate surface area is 228 Å². The van der Waals surface area contributed by atoms with E-state index in [1.165, 1.54) is 12.1 Å². The lowest BCUT2D eigenvalue weighted by molar-refractivity contribution is -0.138. The molecule has 5 rings (SSSR count). The van der Waals surface area contributed by atoms with Crippen molar-refractivity contribution in [1.82, 2.24) is 14.8 Å². The standard InChI is InChI=1S/C29H29F3N6O2/c1-37-12-14-38(15-13-37)17-19-8-11-21(16-23(19)29(30,31)32)35-28(40)34-20-9-6-18(7-10-20)25-22-4-2-3-5-24(22)36-26(25)27(33)39/h2-11,16,36H,12-15,17H2,1H3,(H2,33,39)(H2,34,35,40). The number of aromatic amines is 1. The van der Waals surface area contributed by atoms with E-state index in [1.807, 2.05) is 36.2 Å². The molecule has 0 saturated carbocycles. The van der Waals surface area contributed by atoms with Crippen LogP contribution in [0.5, 0.6) is 0 Å². The van der Waals surface area contributed by atoms with E-state index in [2.05, 4.69) is 20.5 Å². The number of halogens is 3. The van der Waals surface area contributed by atoms with Crippen molar-refractivity contribution in [1.29, 1.82) is 0 Å². The molecule has 3 aromatic carbocycles. The van der Waals surface area contributed by atoms with Gasteiger partial charge in [-0.3, -0.25) is 9.69 Å². The Morgan fingerprint density at radius 2 is 1.57 bits per heavy atom. The first-order valence-corrected chi connectivity index (χ1v) is 12.8. The van der Waals surface area contributed by atoms with E-state index in [1.54, 1.807) is 24.3 Å². The highest BCUT2D eigenvalue weighted by Gasteiger charge is 2.34. The second kappa shape index (κ2) is 11.0. The van der Waals surface area contributed by atoms with E-state index >= 15 is 0 Å². The molecule has 8 nitrogen and oxygen atoms in total. The zero-order valence-electron chi connectivity index (χ0n) is 21.8. The minimum Gasteiger partial charge on any atom is -0.364 e. The third-order valence-electron chi connectivity index (χ3n) is 7.05. The Morgan fingerprint density at radius 3 is 2.25 bits per heavy atom. The summed E-state index contributed by atoms with van der Waals surface area (Å²) in [4.78, 5) is 31.8. The van der Waals surface area contributed by atoms with Gasteiger partial charge < -0.3 is 26.3 Å². The zero-order chi connectivity index (χ0) is 28.4. The summed E-state index contributed by atoms with van der Waals surface area (Å²) in [6.07, 6.45) is -4.56. The predicted molar refractivity (Wildman–Crippen MR) is 149 cm³/mol. The van der Waals surface area contributed by atoms with Gasteiger partial charge in [0.2, 0.25) is 0 Å². The van der Waals surface area contributed by atoms with Crippen LogP contribution in [0.15, 0.2) is 66.7 Å². The van der Waals surface area contributed by atoms with Crippen molar-refractivity contribution >= 4 is 34.2 Å². The van der Waals surface area contributed by atoms with Gasteiger partial charge in [0, 0.05) is 60.6 Å². The molecule has 0 unspecified atom stereocenters. The smallest absolute Gasteiger partial charge is 0.364 e. The number of carbonyl (C=O) groups is 2. The van der Waals surface area contributed by atoms with Gasteiger partial charge in [0.05, 0.1) is 5.56 Å². The van der Waals surface area contributed by atoms with Crippen molar-refractivity contribution in [3.63, 3.8) is 0 Å². The largest absolute Gasteiger partial charge is 0.416 e. The minimum atomic E-state index is -4.56. The molecule has 1 aliphatic heterocycles. The van der Waals surface area contributed by atoms with Gasteiger partial charge in [-0.1, -0.05) is 36.4 Å². The number of carbonyl (C=O) groups excluding carboxylic acids is 2. The lowest BCUT2D eigenvalue weighted by Crippen LogP contribution is -2.44. The van der Waals surface area contributed by atoms with Crippen molar-refractivity contribution in [3.8, 4) is 11.1 Å². The number of likely N-dealkylation sites (N-methyl/N-ethyl adjacent to an activating group) is 1.